The monoisotopic (exact) mass is 418 g/mol. The molecule has 0 spiro atoms. The second-order valence-corrected chi connectivity index (χ2v) is 5.42. The number of rotatable bonds is 5. The van der Waals surface area contributed by atoms with Crippen LogP contribution < -0.4 is 0 Å². The van der Waals surface area contributed by atoms with Crippen molar-refractivity contribution in [1.29, 1.82) is 0 Å². The van der Waals surface area contributed by atoms with E-state index in [1.165, 1.54) is 11.1 Å². The molecule has 2 fully saturated rings. The Bertz CT molecular complexity index is 425. The van der Waals surface area contributed by atoms with Crippen LogP contribution in [0.1, 0.15) is 31.7 Å². The predicted octanol–water partition coefficient (Wildman–Crippen LogP) is 6.49. The smallest absolute Gasteiger partial charge is 0.341 e. The van der Waals surface area contributed by atoms with Crippen molar-refractivity contribution in [1.82, 2.24) is 0 Å². The van der Waals surface area contributed by atoms with E-state index in [1.54, 1.807) is 0 Å². The molecular weight excluding hydrogens is 391 g/mol. The quantitative estimate of drug-likeness (QED) is 0.378. The Kier molecular flexibility index (Phi) is 19.0. The maximum absolute atomic E-state index is 3.90. The molecule has 0 aliphatic heterocycles. The zero-order valence-corrected chi connectivity index (χ0v) is 18.1. The second kappa shape index (κ2) is 19.3. The summed E-state index contributed by atoms with van der Waals surface area (Å²) in [6, 6.07) is 10.3. The van der Waals surface area contributed by atoms with Crippen molar-refractivity contribution in [2.24, 2.45) is 0 Å². The maximum atomic E-state index is 3.90. The van der Waals surface area contributed by atoms with Gasteiger partial charge in [0.15, 0.2) is 0 Å². The molecule has 130 valence electrons. The van der Waals surface area contributed by atoms with E-state index in [0.29, 0.717) is 0 Å². The van der Waals surface area contributed by atoms with Gasteiger partial charge in [-0.25, -0.2) is 12.2 Å². The topological polar surface area (TPSA) is 0 Å². The molecule has 2 aliphatic rings. The van der Waals surface area contributed by atoms with Crippen LogP contribution in [0.15, 0.2) is 42.0 Å². The largest absolute Gasteiger partial charge is 4.00 e. The van der Waals surface area contributed by atoms with Crippen LogP contribution in [0, 0.1) is 77.2 Å². The Hall–Kier alpha value is -0.417. The van der Waals surface area contributed by atoms with Crippen molar-refractivity contribution in [3.63, 3.8) is 0 Å². The van der Waals surface area contributed by atoms with Gasteiger partial charge in [0.1, 0.15) is 0 Å². The zero-order valence-electron chi connectivity index (χ0n) is 15.6. The van der Waals surface area contributed by atoms with Crippen LogP contribution in [-0.4, -0.2) is 0 Å². The summed E-state index contributed by atoms with van der Waals surface area (Å²) < 4.78 is 0. The molecule has 0 saturated heterocycles. The van der Waals surface area contributed by atoms with Crippen LogP contribution in [0.4, 0.5) is 0 Å². The van der Waals surface area contributed by atoms with Gasteiger partial charge in [-0.3, -0.25) is 6.08 Å². The average molecular weight is 420 g/mol. The fourth-order valence-corrected chi connectivity index (χ4v) is 2.03. The molecule has 10 radical (unpaired) electrons. The van der Waals surface area contributed by atoms with E-state index in [1.807, 2.05) is 88.5 Å². The van der Waals surface area contributed by atoms with Crippen molar-refractivity contribution < 1.29 is 26.2 Å². The van der Waals surface area contributed by atoms with E-state index in [-0.39, 0.29) is 26.2 Å². The molecule has 0 bridgehead atoms. The van der Waals surface area contributed by atoms with Gasteiger partial charge in [-0.2, -0.15) is 12.0 Å². The zero-order chi connectivity index (χ0) is 18.0. The summed E-state index contributed by atoms with van der Waals surface area (Å²) in [6.45, 7) is 6.08. The maximum Gasteiger partial charge on any atom is 4.00 e. The van der Waals surface area contributed by atoms with E-state index in [9.17, 15) is 0 Å². The molecule has 0 N–H and O–H groups in total. The minimum Gasteiger partial charge on any atom is -0.341 e. The Morgan fingerprint density at radius 2 is 1.31 bits per heavy atom. The van der Waals surface area contributed by atoms with Gasteiger partial charge in [0.05, 0.1) is 0 Å². The molecule has 0 heterocycles. The number of hydrogen-bond donors (Lipinski definition) is 0. The molecular formula is C25H28Zr+2. The molecule has 3 rings (SSSR count). The minimum atomic E-state index is 0. The fraction of sp³-hybridized carbons (Fsp3) is 0.160. The van der Waals surface area contributed by atoms with Crippen LogP contribution >= 0.6 is 0 Å². The van der Waals surface area contributed by atoms with Gasteiger partial charge in [-0.15, -0.1) is 5.56 Å². The third-order valence-corrected chi connectivity index (χ3v) is 3.33. The van der Waals surface area contributed by atoms with Gasteiger partial charge in [0.2, 0.25) is 0 Å². The molecule has 2 saturated carbocycles. The molecule has 1 aromatic carbocycles. The molecule has 0 nitrogen and oxygen atoms in total. The van der Waals surface area contributed by atoms with Crippen LogP contribution in [0.5, 0.6) is 0 Å². The van der Waals surface area contributed by atoms with Gasteiger partial charge < -0.3 is 6.92 Å². The molecule has 0 aromatic heterocycles. The third kappa shape index (κ3) is 14.7. The number of benzene rings is 1. The molecule has 0 unspecified atom stereocenters. The fourth-order valence-electron chi connectivity index (χ4n) is 2.03. The first-order valence-electron chi connectivity index (χ1n) is 8.82. The standard InChI is InChI=1S/C15H18.2C5H5.Zr/c1-3-9-14(4-2)12-8-13-15-10-6-5-7-11-15;2*1-2-4-5-3-1;/h5-8,10-11,13H,2-4,9H2,1H3;2*1-5H;/q-2;;;+4/b13-8+;;;. The van der Waals surface area contributed by atoms with Crippen LogP contribution in [0.25, 0.3) is 6.08 Å². The van der Waals surface area contributed by atoms with Gasteiger partial charge in [0, 0.05) is 0 Å². The summed E-state index contributed by atoms with van der Waals surface area (Å²) >= 11 is 0. The molecule has 1 aromatic rings. The van der Waals surface area contributed by atoms with Crippen molar-refractivity contribution in [3.05, 3.63) is 125 Å². The predicted molar refractivity (Wildman–Crippen MR) is 110 cm³/mol. The van der Waals surface area contributed by atoms with Crippen LogP contribution in [0.3, 0.4) is 0 Å². The summed E-state index contributed by atoms with van der Waals surface area (Å²) in [5, 5.41) is 0. The Labute approximate surface area is 182 Å². The minimum absolute atomic E-state index is 0. The Balaban J connectivity index is 0.000000460. The number of allylic oxidation sites excluding steroid dienone is 3. The molecule has 1 heteroatoms. The van der Waals surface area contributed by atoms with Gasteiger partial charge in [-0.1, -0.05) is 50.1 Å². The van der Waals surface area contributed by atoms with E-state index in [2.05, 4.69) is 38.1 Å². The molecule has 0 atom stereocenters. The molecule has 0 amide bonds. The Morgan fingerprint density at radius 1 is 0.846 bits per heavy atom. The summed E-state index contributed by atoms with van der Waals surface area (Å²) in [5.74, 6) is 0. The summed E-state index contributed by atoms with van der Waals surface area (Å²) in [5.41, 5.74) is 2.51. The Morgan fingerprint density at radius 3 is 1.69 bits per heavy atom. The third-order valence-electron chi connectivity index (χ3n) is 3.33. The van der Waals surface area contributed by atoms with Crippen LogP contribution in [0.2, 0.25) is 0 Å². The average Bonchev–Trinajstić information content (AvgIpc) is 3.40. The van der Waals surface area contributed by atoms with Crippen molar-refractivity contribution in [3.8, 4) is 0 Å². The summed E-state index contributed by atoms with van der Waals surface area (Å²) in [6.07, 6.45) is 30.5. The van der Waals surface area contributed by atoms with E-state index in [4.69, 9.17) is 0 Å². The van der Waals surface area contributed by atoms with E-state index in [0.717, 1.165) is 19.3 Å². The van der Waals surface area contributed by atoms with Crippen molar-refractivity contribution in [2.45, 2.75) is 26.2 Å². The second-order valence-electron chi connectivity index (χ2n) is 5.42. The first-order valence-corrected chi connectivity index (χ1v) is 8.82. The molecule has 26 heavy (non-hydrogen) atoms. The van der Waals surface area contributed by atoms with Gasteiger partial charge >= 0.3 is 26.2 Å². The molecule has 2 aliphatic carbocycles. The van der Waals surface area contributed by atoms with E-state index < -0.39 is 0 Å². The van der Waals surface area contributed by atoms with Gasteiger partial charge in [0.25, 0.3) is 0 Å². The van der Waals surface area contributed by atoms with Gasteiger partial charge in [-0.05, 0) is 64.2 Å². The summed E-state index contributed by atoms with van der Waals surface area (Å²) in [7, 11) is 0. The van der Waals surface area contributed by atoms with Crippen LogP contribution in [-0.2, 0) is 26.2 Å². The first kappa shape index (κ1) is 25.6. The first-order chi connectivity index (χ1) is 12.4. The van der Waals surface area contributed by atoms with Crippen molar-refractivity contribution in [2.75, 3.05) is 0 Å². The normalized spacial score (nSPS) is 16.3. The SMILES string of the molecule is [CH2-]CC(=[C-]/C=C/c1ccccc1)CCC.[CH]1[CH][CH][CH][CH]1.[CH]1[CH][CH][CH][CH]1.[Zr+4]. The van der Waals surface area contributed by atoms with Crippen molar-refractivity contribution >= 4 is 6.08 Å². The number of hydrogen-bond acceptors (Lipinski definition) is 0. The van der Waals surface area contributed by atoms with E-state index >= 15 is 0 Å². The summed E-state index contributed by atoms with van der Waals surface area (Å²) in [4.78, 5) is 0.